The zero-order chi connectivity index (χ0) is 15.8. The molecule has 22 heavy (non-hydrogen) atoms. The van der Waals surface area contributed by atoms with Crippen LogP contribution in [0.4, 0.5) is 5.69 Å². The summed E-state index contributed by atoms with van der Waals surface area (Å²) in [5, 5.41) is 4.03. The number of carbonyl (C=O) groups is 2. The highest BCUT2D eigenvalue weighted by molar-refractivity contribution is 5.84. The van der Waals surface area contributed by atoms with Gasteiger partial charge in [0.15, 0.2) is 0 Å². The van der Waals surface area contributed by atoms with Crippen LogP contribution in [0.15, 0.2) is 60.7 Å². The summed E-state index contributed by atoms with van der Waals surface area (Å²) in [4.78, 5) is 23.3. The Morgan fingerprint density at radius 1 is 0.955 bits per heavy atom. The van der Waals surface area contributed by atoms with Crippen LogP contribution in [0.5, 0.6) is 0 Å². The number of rotatable bonds is 6. The van der Waals surface area contributed by atoms with Crippen LogP contribution in [0.25, 0.3) is 0 Å². The number of para-hydroxylation sites is 1. The minimum Gasteiger partial charge on any atom is -0.347 e. The molecule has 0 spiro atoms. The summed E-state index contributed by atoms with van der Waals surface area (Å²) >= 11 is 0. The van der Waals surface area contributed by atoms with Gasteiger partial charge in [0.05, 0.1) is 18.8 Å². The summed E-state index contributed by atoms with van der Waals surface area (Å²) in [6.45, 7) is 1.76. The lowest BCUT2D eigenvalue weighted by atomic mass is 10.2. The smallest absolute Gasteiger partial charge is 0.260 e. The van der Waals surface area contributed by atoms with Crippen molar-refractivity contribution in [3.05, 3.63) is 66.2 Å². The maximum Gasteiger partial charge on any atom is 0.260 e. The van der Waals surface area contributed by atoms with Crippen molar-refractivity contribution >= 4 is 17.5 Å². The third-order valence-electron chi connectivity index (χ3n) is 3.01. The van der Waals surface area contributed by atoms with E-state index in [2.05, 4.69) is 10.7 Å². The molecule has 0 unspecified atom stereocenters. The number of anilines is 1. The first-order valence-electron chi connectivity index (χ1n) is 7.05. The summed E-state index contributed by atoms with van der Waals surface area (Å²) in [5.41, 5.74) is 4.90. The van der Waals surface area contributed by atoms with E-state index in [-0.39, 0.29) is 18.4 Å². The second-order valence-electron chi connectivity index (χ2n) is 4.85. The predicted octanol–water partition coefficient (Wildman–Crippen LogP) is 2.18. The highest BCUT2D eigenvalue weighted by Gasteiger charge is 2.14. The first kappa shape index (κ1) is 15.6. The normalized spacial score (nSPS) is 9.86. The third kappa shape index (κ3) is 4.94. The molecule has 0 aliphatic rings. The van der Waals surface area contributed by atoms with E-state index in [4.69, 9.17) is 0 Å². The van der Waals surface area contributed by atoms with Gasteiger partial charge in [0, 0.05) is 6.92 Å². The number of hydrazine groups is 1. The lowest BCUT2D eigenvalue weighted by Crippen LogP contribution is -2.42. The molecule has 0 aliphatic heterocycles. The van der Waals surface area contributed by atoms with Crippen LogP contribution in [-0.4, -0.2) is 23.4 Å². The van der Waals surface area contributed by atoms with E-state index in [1.807, 2.05) is 60.7 Å². The van der Waals surface area contributed by atoms with Crippen molar-refractivity contribution in [1.82, 2.24) is 10.3 Å². The van der Waals surface area contributed by atoms with Crippen molar-refractivity contribution in [3.8, 4) is 0 Å². The Morgan fingerprint density at radius 2 is 1.55 bits per heavy atom. The summed E-state index contributed by atoms with van der Waals surface area (Å²) in [6.07, 6.45) is 0. The lowest BCUT2D eigenvalue weighted by molar-refractivity contribution is -0.131. The minimum atomic E-state index is -0.229. The lowest BCUT2D eigenvalue weighted by Gasteiger charge is -2.24. The van der Waals surface area contributed by atoms with Crippen LogP contribution in [-0.2, 0) is 16.1 Å². The number of nitrogens with zero attached hydrogens (tertiary/aromatic N) is 1. The van der Waals surface area contributed by atoms with E-state index in [1.165, 1.54) is 11.9 Å². The van der Waals surface area contributed by atoms with Gasteiger partial charge in [0.25, 0.3) is 5.91 Å². The van der Waals surface area contributed by atoms with Gasteiger partial charge in [-0.15, -0.1) is 0 Å². The molecule has 0 atom stereocenters. The summed E-state index contributed by atoms with van der Waals surface area (Å²) in [5.74, 6) is -0.435. The monoisotopic (exact) mass is 297 g/mol. The van der Waals surface area contributed by atoms with E-state index in [0.29, 0.717) is 6.54 Å². The van der Waals surface area contributed by atoms with E-state index in [9.17, 15) is 9.59 Å². The molecule has 0 fully saturated rings. The van der Waals surface area contributed by atoms with Crippen molar-refractivity contribution in [1.29, 1.82) is 0 Å². The van der Waals surface area contributed by atoms with Crippen LogP contribution >= 0.6 is 0 Å². The van der Waals surface area contributed by atoms with Crippen LogP contribution in [0.2, 0.25) is 0 Å². The fourth-order valence-electron chi connectivity index (χ4n) is 1.92. The summed E-state index contributed by atoms with van der Waals surface area (Å²) < 4.78 is 0. The molecule has 114 valence electrons. The maximum atomic E-state index is 12.3. The van der Waals surface area contributed by atoms with Gasteiger partial charge in [-0.05, 0) is 17.7 Å². The van der Waals surface area contributed by atoms with Gasteiger partial charge in [0.1, 0.15) is 0 Å². The number of benzene rings is 2. The molecule has 0 radical (unpaired) electrons. The molecule has 0 heterocycles. The zero-order valence-corrected chi connectivity index (χ0v) is 12.5. The van der Waals surface area contributed by atoms with Crippen molar-refractivity contribution < 1.29 is 9.59 Å². The van der Waals surface area contributed by atoms with E-state index >= 15 is 0 Å². The topological polar surface area (TPSA) is 61.4 Å². The molecule has 5 heteroatoms. The Morgan fingerprint density at radius 3 is 2.14 bits per heavy atom. The van der Waals surface area contributed by atoms with Gasteiger partial charge in [-0.1, -0.05) is 48.5 Å². The molecule has 2 rings (SSSR count). The van der Waals surface area contributed by atoms with Gasteiger partial charge in [-0.2, -0.15) is 0 Å². The summed E-state index contributed by atoms with van der Waals surface area (Å²) in [7, 11) is 0. The average Bonchev–Trinajstić information content (AvgIpc) is 2.54. The molecular weight excluding hydrogens is 278 g/mol. The summed E-state index contributed by atoms with van der Waals surface area (Å²) in [6, 6.07) is 19.1. The van der Waals surface area contributed by atoms with Crippen molar-refractivity contribution in [3.63, 3.8) is 0 Å². The number of carbonyl (C=O) groups excluding carboxylic acids is 2. The highest BCUT2D eigenvalue weighted by Crippen LogP contribution is 2.10. The van der Waals surface area contributed by atoms with Gasteiger partial charge >= 0.3 is 0 Å². The maximum absolute atomic E-state index is 12.3. The Kier molecular flexibility index (Phi) is 5.54. The Labute approximate surface area is 129 Å². The molecule has 0 bridgehead atoms. The van der Waals surface area contributed by atoms with Gasteiger partial charge < -0.3 is 5.32 Å². The second kappa shape index (κ2) is 7.83. The van der Waals surface area contributed by atoms with E-state index < -0.39 is 0 Å². The number of hydrogen-bond acceptors (Lipinski definition) is 3. The van der Waals surface area contributed by atoms with Crippen molar-refractivity contribution in [2.75, 3.05) is 12.0 Å². The van der Waals surface area contributed by atoms with Crippen LogP contribution in [0.3, 0.4) is 0 Å². The van der Waals surface area contributed by atoms with Gasteiger partial charge in [-0.3, -0.25) is 20.0 Å². The predicted molar refractivity (Wildman–Crippen MR) is 85.7 cm³/mol. The fourth-order valence-corrected chi connectivity index (χ4v) is 1.92. The molecule has 0 aromatic heterocycles. The van der Waals surface area contributed by atoms with E-state index in [0.717, 1.165) is 11.3 Å². The molecule has 2 aromatic rings. The Balaban J connectivity index is 2.09. The molecule has 2 amide bonds. The van der Waals surface area contributed by atoms with E-state index in [1.54, 1.807) is 0 Å². The molecule has 2 N–H and O–H groups in total. The molecule has 5 nitrogen and oxygen atoms in total. The SMILES string of the molecule is CC(=O)NCC(=O)N(Cc1ccccc1)Nc1ccccc1. The Bertz CT molecular complexity index is 573. The number of hydrogen-bond donors (Lipinski definition) is 2. The molecule has 0 saturated carbocycles. The van der Waals surface area contributed by atoms with Crippen molar-refractivity contribution in [2.45, 2.75) is 13.5 Å². The van der Waals surface area contributed by atoms with Gasteiger partial charge in [-0.25, -0.2) is 0 Å². The van der Waals surface area contributed by atoms with Crippen LogP contribution in [0, 0.1) is 0 Å². The van der Waals surface area contributed by atoms with Crippen LogP contribution in [0.1, 0.15) is 12.5 Å². The Hall–Kier alpha value is -2.82. The molecular formula is C17H19N3O2. The van der Waals surface area contributed by atoms with Crippen LogP contribution < -0.4 is 10.7 Å². The quantitative estimate of drug-likeness (QED) is 0.803. The largest absolute Gasteiger partial charge is 0.347 e. The number of amides is 2. The first-order valence-corrected chi connectivity index (χ1v) is 7.05. The number of nitrogens with one attached hydrogen (secondary N) is 2. The highest BCUT2D eigenvalue weighted by atomic mass is 16.2. The molecule has 0 aliphatic carbocycles. The second-order valence-corrected chi connectivity index (χ2v) is 4.85. The fraction of sp³-hybridized carbons (Fsp3) is 0.176. The minimum absolute atomic E-state index is 0.0397. The van der Waals surface area contributed by atoms with Crippen molar-refractivity contribution in [2.24, 2.45) is 0 Å². The standard InChI is InChI=1S/C17H19N3O2/c1-14(21)18-12-17(22)20(13-15-8-4-2-5-9-15)19-16-10-6-3-7-11-16/h2-11,19H,12-13H2,1H3,(H,18,21). The molecule has 0 saturated heterocycles. The molecule has 2 aromatic carbocycles. The first-order chi connectivity index (χ1) is 10.6. The average molecular weight is 297 g/mol. The third-order valence-corrected chi connectivity index (χ3v) is 3.01. The van der Waals surface area contributed by atoms with Gasteiger partial charge in [0.2, 0.25) is 5.91 Å². The zero-order valence-electron chi connectivity index (χ0n) is 12.5.